The van der Waals surface area contributed by atoms with Crippen molar-refractivity contribution >= 4 is 32.0 Å². The Morgan fingerprint density at radius 3 is 1.63 bits per heavy atom. The van der Waals surface area contributed by atoms with E-state index in [1.165, 1.54) is 6.08 Å². The van der Waals surface area contributed by atoms with Crippen molar-refractivity contribution in [2.45, 2.75) is 62.5 Å². The van der Waals surface area contributed by atoms with Crippen LogP contribution in [0, 0.1) is 0 Å². The highest BCUT2D eigenvalue weighted by molar-refractivity contribution is 7.88. The van der Waals surface area contributed by atoms with Crippen molar-refractivity contribution in [3.05, 3.63) is 126 Å². The second-order valence-electron chi connectivity index (χ2n) is 12.1. The van der Waals surface area contributed by atoms with E-state index in [2.05, 4.69) is 5.32 Å². The highest BCUT2D eigenvalue weighted by atomic mass is 32.2. The number of methoxy groups -OCH3 is 3. The van der Waals surface area contributed by atoms with E-state index < -0.39 is 14.9 Å². The number of amides is 1. The summed E-state index contributed by atoms with van der Waals surface area (Å²) in [6.45, 7) is 0.610. The maximum atomic E-state index is 14.3. The van der Waals surface area contributed by atoms with Gasteiger partial charge in [0.15, 0.2) is 16.2 Å². The molecule has 274 valence electrons. The second-order valence-corrected chi connectivity index (χ2v) is 13.8. The predicted molar refractivity (Wildman–Crippen MR) is 210 cm³/mol. The fourth-order valence-electron chi connectivity index (χ4n) is 6.16. The molecule has 1 amide bonds. The number of carbonyl (C=O) groups is 1. The van der Waals surface area contributed by atoms with E-state index in [1.807, 2.05) is 66.7 Å². The normalized spacial score (nSPS) is 11.4. The monoisotopic (exact) mass is 733 g/mol. The summed E-state index contributed by atoms with van der Waals surface area (Å²) in [6.07, 6.45) is 11.5. The fourth-order valence-corrected chi connectivity index (χ4v) is 7.91. The van der Waals surface area contributed by atoms with Crippen LogP contribution in [-0.2, 0) is 19.7 Å². The average molecular weight is 734 g/mol. The van der Waals surface area contributed by atoms with Crippen LogP contribution in [0.25, 0.3) is 6.08 Å². The molecule has 0 radical (unpaired) electrons. The summed E-state index contributed by atoms with van der Waals surface area (Å²) in [6, 6.07) is 31.1. The number of hydrogen-bond acceptors (Lipinski definition) is 7. The van der Waals surface area contributed by atoms with Crippen LogP contribution in [0.1, 0.15) is 74.5 Å². The van der Waals surface area contributed by atoms with E-state index in [9.17, 15) is 13.2 Å². The lowest BCUT2D eigenvalue weighted by atomic mass is 9.85. The highest BCUT2D eigenvalue weighted by Gasteiger charge is 2.48. The van der Waals surface area contributed by atoms with Crippen molar-refractivity contribution in [3.8, 4) is 23.0 Å². The van der Waals surface area contributed by atoms with Gasteiger partial charge < -0.3 is 23.7 Å². The zero-order valence-electron chi connectivity index (χ0n) is 30.0. The van der Waals surface area contributed by atoms with E-state index in [-0.39, 0.29) is 15.8 Å². The predicted octanol–water partition coefficient (Wildman–Crippen LogP) is 8.76. The van der Waals surface area contributed by atoms with E-state index in [0.717, 1.165) is 56.9 Å². The van der Waals surface area contributed by atoms with Crippen molar-refractivity contribution < 1.29 is 31.6 Å². The first-order chi connectivity index (χ1) is 24.3. The average Bonchev–Trinajstić information content (AvgIpc) is 3.14. The number of carbonyl (C=O) groups excluding carboxylic acids is 1. The van der Waals surface area contributed by atoms with E-state index in [4.69, 9.17) is 18.4 Å². The van der Waals surface area contributed by atoms with Gasteiger partial charge in [0.2, 0.25) is 11.7 Å². The van der Waals surface area contributed by atoms with Crippen LogP contribution in [0.15, 0.2) is 109 Å². The number of ether oxygens (including phenoxy) is 3. The van der Waals surface area contributed by atoms with Gasteiger partial charge in [-0.05, 0) is 59.9 Å². The van der Waals surface area contributed by atoms with Crippen molar-refractivity contribution in [2.75, 3.05) is 27.9 Å². The zero-order valence-corrected chi connectivity index (χ0v) is 32.2. The summed E-state index contributed by atoms with van der Waals surface area (Å²) in [5, 5.41) is 2.95. The lowest BCUT2D eigenvalue weighted by Gasteiger charge is -2.34. The smallest absolute Gasteiger partial charge is 0.323 e. The molecule has 1 unspecified atom stereocenters. The molecule has 4 rings (SSSR count). The molecule has 10 heteroatoms. The fraction of sp³-hybridized carbons (Fsp3) is 0.341. The molecule has 0 aliphatic heterocycles. The van der Waals surface area contributed by atoms with Crippen LogP contribution in [-0.4, -0.2) is 42.2 Å². The lowest BCUT2D eigenvalue weighted by Crippen LogP contribution is -2.40. The molecule has 0 heterocycles. The molecule has 0 fully saturated rings. The topological polar surface area (TPSA) is 100 Å². The Balaban J connectivity index is 0.00000702. The number of nitrogens with one attached hydrogen (secondary N) is 1. The van der Waals surface area contributed by atoms with Gasteiger partial charge in [-0.3, -0.25) is 4.79 Å². The van der Waals surface area contributed by atoms with Crippen molar-refractivity contribution in [1.82, 2.24) is 5.32 Å². The van der Waals surface area contributed by atoms with Crippen LogP contribution >= 0.6 is 9.90 Å². The first kappa shape index (κ1) is 41.1. The summed E-state index contributed by atoms with van der Waals surface area (Å²) in [7, 11) is 0.524. The molecule has 0 aromatic heterocycles. The molecule has 0 aliphatic rings. The summed E-state index contributed by atoms with van der Waals surface area (Å²) < 4.78 is 49.1. The Morgan fingerprint density at radius 2 is 1.14 bits per heavy atom. The summed E-state index contributed by atoms with van der Waals surface area (Å²) in [5.74, 6) is 1.71. The SMILES string of the molecule is COc1cc(/C=C/C(=O)NCCCCCCCCCCC(c2ccccc2)(c2ccccc2)S(=O)(=O)Oc2ccccc2)cc(OC)c1OC.P. The van der Waals surface area contributed by atoms with Crippen molar-refractivity contribution in [1.29, 1.82) is 0 Å². The van der Waals surface area contributed by atoms with Gasteiger partial charge in [-0.2, -0.15) is 18.3 Å². The summed E-state index contributed by atoms with van der Waals surface area (Å²) in [4.78, 5) is 12.4. The molecule has 0 bridgehead atoms. The van der Waals surface area contributed by atoms with Gasteiger partial charge in [-0.15, -0.1) is 0 Å². The number of para-hydroxylation sites is 1. The number of hydrogen-bond donors (Lipinski definition) is 1. The minimum Gasteiger partial charge on any atom is -0.493 e. The van der Waals surface area contributed by atoms with Crippen molar-refractivity contribution in [3.63, 3.8) is 0 Å². The minimum atomic E-state index is -4.13. The van der Waals surface area contributed by atoms with Gasteiger partial charge in [0.05, 0.1) is 21.3 Å². The second kappa shape index (κ2) is 21.1. The molecule has 4 aromatic carbocycles. The Kier molecular flexibility index (Phi) is 17.0. The van der Waals surface area contributed by atoms with Gasteiger partial charge in [0.25, 0.3) is 0 Å². The third-order valence-corrected chi connectivity index (χ3v) is 10.7. The first-order valence-electron chi connectivity index (χ1n) is 17.2. The molecule has 4 aromatic rings. The van der Waals surface area contributed by atoms with Gasteiger partial charge in [-0.25, -0.2) is 0 Å². The number of benzene rings is 4. The number of unbranched alkanes of at least 4 members (excludes halogenated alkanes) is 7. The van der Waals surface area contributed by atoms with Gasteiger partial charge in [-0.1, -0.05) is 124 Å². The third kappa shape index (κ3) is 11.3. The van der Waals surface area contributed by atoms with E-state index in [0.29, 0.717) is 47.1 Å². The zero-order chi connectivity index (χ0) is 35.7. The first-order valence-corrected chi connectivity index (χ1v) is 18.6. The standard InChI is InChI=1S/C41H49NO7S.H3P/c1-46-37-31-33(32-38(47-2)40(37)48-3)27-28-39(43)42-30-20-9-7-5-4-6-8-19-29-41(34-21-13-10-14-22-34,35-23-15-11-16-24-35)50(44,45)49-36-25-17-12-18-26-36;/h10-18,21-28,31-32H,4-9,19-20,29-30H2,1-3H3,(H,42,43);1H3/b28-27+;. The molecule has 0 saturated carbocycles. The minimum absolute atomic E-state index is 0. The van der Waals surface area contributed by atoms with Gasteiger partial charge in [0, 0.05) is 12.6 Å². The van der Waals surface area contributed by atoms with Crippen LogP contribution in [0.2, 0.25) is 0 Å². The molecule has 1 atom stereocenters. The third-order valence-electron chi connectivity index (χ3n) is 8.73. The Bertz CT molecular complexity index is 1690. The molecule has 51 heavy (non-hydrogen) atoms. The number of rotatable bonds is 21. The van der Waals surface area contributed by atoms with Crippen LogP contribution in [0.5, 0.6) is 23.0 Å². The Labute approximate surface area is 307 Å². The quantitative estimate of drug-likeness (QED) is 0.0396. The van der Waals surface area contributed by atoms with Crippen LogP contribution in [0.3, 0.4) is 0 Å². The molecule has 0 aliphatic carbocycles. The molecular formula is C41H52NO7PS. The van der Waals surface area contributed by atoms with Gasteiger partial charge in [0.1, 0.15) is 5.75 Å². The van der Waals surface area contributed by atoms with Crippen molar-refractivity contribution in [2.24, 2.45) is 0 Å². The molecule has 0 spiro atoms. The van der Waals surface area contributed by atoms with E-state index >= 15 is 0 Å². The summed E-state index contributed by atoms with van der Waals surface area (Å²) >= 11 is 0. The van der Waals surface area contributed by atoms with E-state index in [1.54, 1.807) is 63.8 Å². The lowest BCUT2D eigenvalue weighted by molar-refractivity contribution is -0.116. The Hall–Kier alpha value is -4.33. The maximum Gasteiger partial charge on any atom is 0.323 e. The molecule has 8 nitrogen and oxygen atoms in total. The molecule has 1 N–H and O–H groups in total. The maximum absolute atomic E-state index is 14.3. The molecular weight excluding hydrogens is 681 g/mol. The Morgan fingerprint density at radius 1 is 0.667 bits per heavy atom. The van der Waals surface area contributed by atoms with Crippen LogP contribution < -0.4 is 23.7 Å². The molecule has 0 saturated heterocycles. The summed E-state index contributed by atoms with van der Waals surface area (Å²) in [5.41, 5.74) is 2.17. The largest absolute Gasteiger partial charge is 0.493 e. The highest BCUT2D eigenvalue weighted by Crippen LogP contribution is 2.44. The van der Waals surface area contributed by atoms with Crippen LogP contribution in [0.4, 0.5) is 0 Å². The van der Waals surface area contributed by atoms with Gasteiger partial charge >= 0.3 is 10.1 Å².